The number of hydrogen-bond acceptors (Lipinski definition) is 3. The first-order valence-electron chi connectivity index (χ1n) is 8.08. The Hall–Kier alpha value is -2.91. The fourth-order valence-corrected chi connectivity index (χ4v) is 2.97. The van der Waals surface area contributed by atoms with E-state index in [1.165, 1.54) is 11.1 Å². The third-order valence-corrected chi connectivity index (χ3v) is 4.26. The third kappa shape index (κ3) is 3.47. The molecule has 0 saturated heterocycles. The Balaban J connectivity index is 1.64. The molecular weight excluding hydrogens is 330 g/mol. The molecule has 3 nitrogen and oxygen atoms in total. The van der Waals surface area contributed by atoms with Gasteiger partial charge in [0.25, 0.3) is 0 Å². The van der Waals surface area contributed by atoms with Crippen molar-refractivity contribution in [1.82, 2.24) is 5.32 Å². The Morgan fingerprint density at radius 2 is 1.20 bits per heavy atom. The van der Waals surface area contributed by atoms with Crippen LogP contribution in [0.4, 0.5) is 0 Å². The molecule has 0 saturated carbocycles. The molecule has 1 heterocycles. The van der Waals surface area contributed by atoms with Crippen LogP contribution in [0, 0.1) is 0 Å². The number of amidine groups is 2. The highest BCUT2D eigenvalue weighted by Gasteiger charge is 2.18. The standard InChI is InChI=1S/C21H16ClN3/c22-21-24-19(17-9-5-2-6-10-17)23-20(25-21)18-13-11-16(12-14-18)15-7-3-1-4-8-15/h1-14,20H,(H,23,24,25). The van der Waals surface area contributed by atoms with Crippen LogP contribution in [0.3, 0.4) is 0 Å². The minimum atomic E-state index is -0.339. The van der Waals surface area contributed by atoms with Gasteiger partial charge in [0.15, 0.2) is 11.5 Å². The van der Waals surface area contributed by atoms with Crippen LogP contribution in [0.5, 0.6) is 0 Å². The predicted molar refractivity (Wildman–Crippen MR) is 104 cm³/mol. The third-order valence-electron chi connectivity index (χ3n) is 4.07. The van der Waals surface area contributed by atoms with Crippen molar-refractivity contribution < 1.29 is 0 Å². The van der Waals surface area contributed by atoms with Gasteiger partial charge in [-0.3, -0.25) is 0 Å². The molecule has 0 bridgehead atoms. The lowest BCUT2D eigenvalue weighted by molar-refractivity contribution is 0.760. The van der Waals surface area contributed by atoms with Gasteiger partial charge in [0.2, 0.25) is 0 Å². The summed E-state index contributed by atoms with van der Waals surface area (Å²) in [5, 5.41) is 3.39. The van der Waals surface area contributed by atoms with Crippen molar-refractivity contribution in [1.29, 1.82) is 0 Å². The van der Waals surface area contributed by atoms with Crippen molar-refractivity contribution in [3.63, 3.8) is 0 Å². The van der Waals surface area contributed by atoms with Gasteiger partial charge in [-0.25, -0.2) is 9.98 Å². The van der Waals surface area contributed by atoms with E-state index in [1.807, 2.05) is 48.5 Å². The molecule has 1 aliphatic rings. The van der Waals surface area contributed by atoms with Gasteiger partial charge in [-0.1, -0.05) is 84.9 Å². The number of nitrogens with one attached hydrogen (secondary N) is 1. The number of halogens is 1. The van der Waals surface area contributed by atoms with Gasteiger partial charge in [-0.15, -0.1) is 0 Å². The zero-order valence-electron chi connectivity index (χ0n) is 13.4. The van der Waals surface area contributed by atoms with Crippen molar-refractivity contribution in [3.8, 4) is 11.1 Å². The molecule has 4 heteroatoms. The normalized spacial score (nSPS) is 16.6. The summed E-state index contributed by atoms with van der Waals surface area (Å²) in [7, 11) is 0. The lowest BCUT2D eigenvalue weighted by atomic mass is 10.0. The molecule has 25 heavy (non-hydrogen) atoms. The molecule has 1 unspecified atom stereocenters. The molecule has 0 fully saturated rings. The average molecular weight is 346 g/mol. The van der Waals surface area contributed by atoms with Crippen LogP contribution >= 0.6 is 11.6 Å². The van der Waals surface area contributed by atoms with Crippen molar-refractivity contribution >= 4 is 22.7 Å². The largest absolute Gasteiger partial charge is 0.315 e. The Bertz CT molecular complexity index is 916. The fraction of sp³-hybridized carbons (Fsp3) is 0.0476. The molecule has 0 amide bonds. The van der Waals surface area contributed by atoms with Gasteiger partial charge < -0.3 is 5.32 Å². The van der Waals surface area contributed by atoms with Gasteiger partial charge in [0.05, 0.1) is 0 Å². The predicted octanol–water partition coefficient (Wildman–Crippen LogP) is 5.00. The smallest absolute Gasteiger partial charge is 0.199 e. The lowest BCUT2D eigenvalue weighted by Crippen LogP contribution is -2.32. The molecule has 1 aliphatic heterocycles. The van der Waals surface area contributed by atoms with E-state index in [-0.39, 0.29) is 6.17 Å². The Morgan fingerprint density at radius 1 is 0.640 bits per heavy atom. The maximum absolute atomic E-state index is 6.19. The summed E-state index contributed by atoms with van der Waals surface area (Å²) in [6.07, 6.45) is -0.339. The number of benzene rings is 3. The maximum atomic E-state index is 6.19. The Labute approximate surface area is 151 Å². The topological polar surface area (TPSA) is 36.8 Å². The van der Waals surface area contributed by atoms with E-state index in [9.17, 15) is 0 Å². The van der Waals surface area contributed by atoms with E-state index >= 15 is 0 Å². The minimum Gasteiger partial charge on any atom is -0.315 e. The van der Waals surface area contributed by atoms with Gasteiger partial charge >= 0.3 is 0 Å². The molecule has 3 aromatic carbocycles. The molecule has 3 aromatic rings. The highest BCUT2D eigenvalue weighted by molar-refractivity contribution is 6.66. The van der Waals surface area contributed by atoms with Crippen molar-refractivity contribution in [3.05, 3.63) is 96.1 Å². The lowest BCUT2D eigenvalue weighted by Gasteiger charge is -2.19. The second-order valence-corrected chi connectivity index (χ2v) is 6.11. The zero-order chi connectivity index (χ0) is 17.1. The molecule has 0 spiro atoms. The first-order valence-corrected chi connectivity index (χ1v) is 8.46. The number of aliphatic imine (C=N–C) groups is 2. The van der Waals surface area contributed by atoms with Gasteiger partial charge in [0.1, 0.15) is 5.84 Å². The molecule has 0 radical (unpaired) electrons. The Kier molecular flexibility index (Phi) is 4.32. The quantitative estimate of drug-likeness (QED) is 0.666. The van der Waals surface area contributed by atoms with Crippen LogP contribution in [-0.2, 0) is 0 Å². The molecular formula is C21H16ClN3. The molecule has 0 aliphatic carbocycles. The SMILES string of the molecule is ClC1=NC(c2ccc(-c3ccccc3)cc2)N=C(c2ccccc2)N1. The number of nitrogens with zero attached hydrogens (tertiary/aromatic N) is 2. The zero-order valence-corrected chi connectivity index (χ0v) is 14.2. The van der Waals surface area contributed by atoms with Gasteiger partial charge in [-0.05, 0) is 28.3 Å². The minimum absolute atomic E-state index is 0.339. The summed E-state index contributed by atoms with van der Waals surface area (Å²) < 4.78 is 0. The molecule has 122 valence electrons. The second kappa shape index (κ2) is 6.91. The van der Waals surface area contributed by atoms with E-state index < -0.39 is 0 Å². The van der Waals surface area contributed by atoms with Crippen LogP contribution < -0.4 is 5.32 Å². The van der Waals surface area contributed by atoms with Crippen LogP contribution in [0.1, 0.15) is 17.3 Å². The monoisotopic (exact) mass is 345 g/mol. The van der Waals surface area contributed by atoms with Crippen LogP contribution in [0.15, 0.2) is 94.9 Å². The van der Waals surface area contributed by atoms with Gasteiger partial charge in [-0.2, -0.15) is 0 Å². The van der Waals surface area contributed by atoms with Crippen LogP contribution in [0.25, 0.3) is 11.1 Å². The second-order valence-electron chi connectivity index (χ2n) is 5.75. The molecule has 4 rings (SSSR count). The Morgan fingerprint density at radius 3 is 1.84 bits per heavy atom. The van der Waals surface area contributed by atoms with E-state index in [0.717, 1.165) is 17.0 Å². The van der Waals surface area contributed by atoms with E-state index in [4.69, 9.17) is 16.6 Å². The summed E-state index contributed by atoms with van der Waals surface area (Å²) >= 11 is 6.19. The highest BCUT2D eigenvalue weighted by atomic mass is 35.5. The van der Waals surface area contributed by atoms with Crippen molar-refractivity contribution in [2.45, 2.75) is 6.17 Å². The molecule has 0 aromatic heterocycles. The van der Waals surface area contributed by atoms with Crippen LogP contribution in [-0.4, -0.2) is 11.1 Å². The van der Waals surface area contributed by atoms with E-state index in [1.54, 1.807) is 0 Å². The fourth-order valence-electron chi connectivity index (χ4n) is 2.79. The average Bonchev–Trinajstić information content (AvgIpc) is 2.69. The first-order chi connectivity index (χ1) is 12.3. The van der Waals surface area contributed by atoms with E-state index in [2.05, 4.69) is 46.7 Å². The number of hydrogen-bond donors (Lipinski definition) is 1. The molecule has 1 N–H and O–H groups in total. The van der Waals surface area contributed by atoms with Crippen LogP contribution in [0.2, 0.25) is 0 Å². The summed E-state index contributed by atoms with van der Waals surface area (Å²) in [6, 6.07) is 28.5. The summed E-state index contributed by atoms with van der Waals surface area (Å²) in [5.41, 5.74) is 4.35. The summed E-state index contributed by atoms with van der Waals surface area (Å²) in [6.45, 7) is 0. The highest BCUT2D eigenvalue weighted by Crippen LogP contribution is 2.26. The van der Waals surface area contributed by atoms with Gasteiger partial charge in [0, 0.05) is 5.56 Å². The maximum Gasteiger partial charge on any atom is 0.199 e. The number of rotatable bonds is 3. The first kappa shape index (κ1) is 15.6. The summed E-state index contributed by atoms with van der Waals surface area (Å²) in [4.78, 5) is 9.12. The molecule has 1 atom stereocenters. The van der Waals surface area contributed by atoms with Crippen molar-refractivity contribution in [2.24, 2.45) is 9.98 Å². The summed E-state index contributed by atoms with van der Waals surface area (Å²) in [5.74, 6) is 0.734. The van der Waals surface area contributed by atoms with E-state index in [0.29, 0.717) is 5.29 Å². The van der Waals surface area contributed by atoms with Crippen molar-refractivity contribution in [2.75, 3.05) is 0 Å².